The summed E-state index contributed by atoms with van der Waals surface area (Å²) in [6, 6.07) is 7.39. The number of benzene rings is 1. The molecule has 160 valence electrons. The molecule has 6 rings (SSSR count). The predicted molar refractivity (Wildman–Crippen MR) is 123 cm³/mol. The summed E-state index contributed by atoms with van der Waals surface area (Å²) in [5.74, 6) is 0.213. The highest BCUT2D eigenvalue weighted by Gasteiger charge is 2.20. The maximum atomic E-state index is 15.0. The van der Waals surface area contributed by atoms with Gasteiger partial charge in [0.2, 0.25) is 0 Å². The Morgan fingerprint density at radius 2 is 1.94 bits per heavy atom. The summed E-state index contributed by atoms with van der Waals surface area (Å²) in [6.07, 6.45) is 8.93. The first-order valence-electron chi connectivity index (χ1n) is 10.9. The second-order valence-corrected chi connectivity index (χ2v) is 8.31. The van der Waals surface area contributed by atoms with Crippen LogP contribution in [0.3, 0.4) is 0 Å². The van der Waals surface area contributed by atoms with Gasteiger partial charge in [-0.05, 0) is 61.6 Å². The van der Waals surface area contributed by atoms with Crippen molar-refractivity contribution in [1.82, 2.24) is 30.1 Å². The standard InChI is InChI=1S/C24H22FN7/c1-14-5-7-26-13-17(14)15-11-16-20(18(25)12-15)30-31-21(16)24-28-22-19(6-8-27-23(22)29-24)32-9-3-2-4-10-32/h5-8,11-13H,2-4,9-10H2,1H3,(H,30,31)(H,27,28,29). The average molecular weight is 427 g/mol. The highest BCUT2D eigenvalue weighted by Crippen LogP contribution is 2.34. The number of hydrogen-bond acceptors (Lipinski definition) is 5. The molecule has 32 heavy (non-hydrogen) atoms. The second kappa shape index (κ2) is 7.40. The van der Waals surface area contributed by atoms with E-state index < -0.39 is 0 Å². The number of nitrogens with one attached hydrogen (secondary N) is 2. The molecule has 0 saturated carbocycles. The molecule has 0 amide bonds. The van der Waals surface area contributed by atoms with Crippen LogP contribution >= 0.6 is 0 Å². The third kappa shape index (κ3) is 3.02. The number of rotatable bonds is 3. The number of nitrogens with zero attached hydrogens (tertiary/aromatic N) is 5. The summed E-state index contributed by atoms with van der Waals surface area (Å²) in [4.78, 5) is 19.2. The second-order valence-electron chi connectivity index (χ2n) is 8.31. The lowest BCUT2D eigenvalue weighted by atomic mass is 10.0. The van der Waals surface area contributed by atoms with Crippen LogP contribution in [0.1, 0.15) is 24.8 Å². The molecule has 2 N–H and O–H groups in total. The molecule has 1 aliphatic rings. The minimum atomic E-state index is -0.383. The molecule has 1 aromatic carbocycles. The molecule has 0 atom stereocenters. The first kappa shape index (κ1) is 18.9. The minimum absolute atomic E-state index is 0.287. The van der Waals surface area contributed by atoms with Gasteiger partial charge in [-0.3, -0.25) is 10.1 Å². The van der Waals surface area contributed by atoms with Crippen molar-refractivity contribution in [3.8, 4) is 22.6 Å². The van der Waals surface area contributed by atoms with Crippen LogP contribution < -0.4 is 4.90 Å². The van der Waals surface area contributed by atoms with E-state index in [9.17, 15) is 4.39 Å². The fraction of sp³-hybridized carbons (Fsp3) is 0.250. The van der Waals surface area contributed by atoms with Crippen LogP contribution in [-0.4, -0.2) is 43.2 Å². The number of halogens is 1. The Labute approximate surface area is 183 Å². The molecule has 0 radical (unpaired) electrons. The van der Waals surface area contributed by atoms with Crippen LogP contribution in [0.15, 0.2) is 42.9 Å². The van der Waals surface area contributed by atoms with Crippen molar-refractivity contribution in [2.45, 2.75) is 26.2 Å². The average Bonchev–Trinajstić information content (AvgIpc) is 3.44. The van der Waals surface area contributed by atoms with Gasteiger partial charge in [-0.15, -0.1) is 0 Å². The van der Waals surface area contributed by atoms with E-state index in [1.54, 1.807) is 18.6 Å². The molecule has 7 nitrogen and oxygen atoms in total. The molecular formula is C24H22FN7. The van der Waals surface area contributed by atoms with Gasteiger partial charge < -0.3 is 9.88 Å². The summed E-state index contributed by atoms with van der Waals surface area (Å²) in [7, 11) is 0. The lowest BCUT2D eigenvalue weighted by Crippen LogP contribution is -2.29. The third-order valence-electron chi connectivity index (χ3n) is 6.27. The molecule has 0 unspecified atom stereocenters. The van der Waals surface area contributed by atoms with Gasteiger partial charge in [0, 0.05) is 42.6 Å². The molecule has 5 heterocycles. The molecule has 0 spiro atoms. The SMILES string of the molecule is Cc1ccncc1-c1cc(F)c2n[nH]c(-c3nc4nccc(N5CCCCC5)c4[nH]3)c2c1. The van der Waals surface area contributed by atoms with Crippen LogP contribution in [0.5, 0.6) is 0 Å². The van der Waals surface area contributed by atoms with Crippen LogP contribution in [0, 0.1) is 12.7 Å². The maximum absolute atomic E-state index is 15.0. The zero-order valence-corrected chi connectivity index (χ0v) is 17.7. The molecule has 0 bridgehead atoms. The third-order valence-corrected chi connectivity index (χ3v) is 6.27. The van der Waals surface area contributed by atoms with Gasteiger partial charge in [-0.25, -0.2) is 14.4 Å². The van der Waals surface area contributed by atoms with Gasteiger partial charge in [0.05, 0.1) is 5.69 Å². The Morgan fingerprint density at radius 1 is 1.06 bits per heavy atom. The van der Waals surface area contributed by atoms with Gasteiger partial charge in [0.25, 0.3) is 0 Å². The maximum Gasteiger partial charge on any atom is 0.180 e. The largest absolute Gasteiger partial charge is 0.370 e. The van der Waals surface area contributed by atoms with E-state index in [0.717, 1.165) is 41.0 Å². The van der Waals surface area contributed by atoms with Gasteiger partial charge in [-0.2, -0.15) is 5.10 Å². The number of aromatic amines is 2. The highest BCUT2D eigenvalue weighted by atomic mass is 19.1. The summed E-state index contributed by atoms with van der Waals surface area (Å²) in [6.45, 7) is 4.04. The van der Waals surface area contributed by atoms with Gasteiger partial charge in [-0.1, -0.05) is 0 Å². The molecule has 8 heteroatoms. The Morgan fingerprint density at radius 3 is 2.78 bits per heavy atom. The van der Waals surface area contributed by atoms with Crippen molar-refractivity contribution in [3.05, 3.63) is 54.2 Å². The highest BCUT2D eigenvalue weighted by molar-refractivity contribution is 5.97. The van der Waals surface area contributed by atoms with E-state index in [1.165, 1.54) is 25.3 Å². The number of piperidine rings is 1. The van der Waals surface area contributed by atoms with E-state index in [2.05, 4.69) is 30.0 Å². The Balaban J connectivity index is 1.50. The van der Waals surface area contributed by atoms with Crippen molar-refractivity contribution in [1.29, 1.82) is 0 Å². The number of hydrogen-bond donors (Lipinski definition) is 2. The van der Waals surface area contributed by atoms with Crippen molar-refractivity contribution in [2.24, 2.45) is 0 Å². The minimum Gasteiger partial charge on any atom is -0.370 e. The van der Waals surface area contributed by atoms with E-state index in [1.807, 2.05) is 25.1 Å². The first-order valence-corrected chi connectivity index (χ1v) is 10.9. The van der Waals surface area contributed by atoms with Crippen molar-refractivity contribution >= 4 is 27.8 Å². The Kier molecular flexibility index (Phi) is 4.38. The lowest BCUT2D eigenvalue weighted by molar-refractivity contribution is 0.578. The van der Waals surface area contributed by atoms with E-state index in [0.29, 0.717) is 22.6 Å². The number of fused-ring (bicyclic) bond motifs is 2. The van der Waals surface area contributed by atoms with Gasteiger partial charge in [0.1, 0.15) is 16.7 Å². The quantitative estimate of drug-likeness (QED) is 0.423. The number of imidazole rings is 1. The molecule has 1 saturated heterocycles. The number of pyridine rings is 2. The van der Waals surface area contributed by atoms with Crippen LogP contribution in [-0.2, 0) is 0 Å². The number of aryl methyl sites for hydroxylation is 1. The van der Waals surface area contributed by atoms with E-state index >= 15 is 0 Å². The zero-order chi connectivity index (χ0) is 21.7. The molecule has 0 aliphatic carbocycles. The fourth-order valence-corrected chi connectivity index (χ4v) is 4.59. The van der Waals surface area contributed by atoms with Crippen molar-refractivity contribution in [3.63, 3.8) is 0 Å². The molecule has 4 aromatic heterocycles. The zero-order valence-electron chi connectivity index (χ0n) is 17.7. The lowest BCUT2D eigenvalue weighted by Gasteiger charge is -2.28. The Bertz CT molecular complexity index is 1450. The summed E-state index contributed by atoms with van der Waals surface area (Å²) in [5, 5.41) is 7.88. The Hall–Kier alpha value is -3.81. The van der Waals surface area contributed by atoms with E-state index in [4.69, 9.17) is 4.98 Å². The summed E-state index contributed by atoms with van der Waals surface area (Å²) < 4.78 is 15.0. The molecule has 1 aliphatic heterocycles. The summed E-state index contributed by atoms with van der Waals surface area (Å²) in [5.41, 5.74) is 6.25. The number of aromatic nitrogens is 6. The number of anilines is 1. The molecule has 5 aromatic rings. The van der Waals surface area contributed by atoms with Crippen LogP contribution in [0.2, 0.25) is 0 Å². The molecular weight excluding hydrogens is 405 g/mol. The van der Waals surface area contributed by atoms with Crippen LogP contribution in [0.25, 0.3) is 44.7 Å². The predicted octanol–water partition coefficient (Wildman–Crippen LogP) is 5.00. The van der Waals surface area contributed by atoms with Crippen LogP contribution in [0.4, 0.5) is 10.1 Å². The smallest absolute Gasteiger partial charge is 0.180 e. The van der Waals surface area contributed by atoms with Gasteiger partial charge in [0.15, 0.2) is 17.3 Å². The monoisotopic (exact) mass is 427 g/mol. The normalized spacial score (nSPS) is 14.5. The topological polar surface area (TPSA) is 86.4 Å². The van der Waals surface area contributed by atoms with E-state index in [-0.39, 0.29) is 11.3 Å². The van der Waals surface area contributed by atoms with Crippen molar-refractivity contribution in [2.75, 3.05) is 18.0 Å². The fourth-order valence-electron chi connectivity index (χ4n) is 4.59. The van der Waals surface area contributed by atoms with Crippen molar-refractivity contribution < 1.29 is 4.39 Å². The first-order chi connectivity index (χ1) is 15.7. The molecule has 1 fully saturated rings. The summed E-state index contributed by atoms with van der Waals surface area (Å²) >= 11 is 0. The van der Waals surface area contributed by atoms with Gasteiger partial charge >= 0.3 is 0 Å². The number of H-pyrrole nitrogens is 2.